The van der Waals surface area contributed by atoms with Crippen LogP contribution in [0.25, 0.3) is 0 Å². The molecular weight excluding hydrogens is 306 g/mol. The van der Waals surface area contributed by atoms with E-state index in [0.717, 1.165) is 44.1 Å². The summed E-state index contributed by atoms with van der Waals surface area (Å²) < 4.78 is 7.06. The molecule has 7 nitrogen and oxygen atoms in total. The van der Waals surface area contributed by atoms with Crippen molar-refractivity contribution in [3.05, 3.63) is 29.7 Å². The fourth-order valence-electron chi connectivity index (χ4n) is 3.38. The van der Waals surface area contributed by atoms with E-state index in [2.05, 4.69) is 15.2 Å². The van der Waals surface area contributed by atoms with E-state index in [0.29, 0.717) is 24.1 Å². The van der Waals surface area contributed by atoms with Crippen LogP contribution in [0.15, 0.2) is 16.8 Å². The van der Waals surface area contributed by atoms with Crippen LogP contribution in [0.1, 0.15) is 60.7 Å². The first-order valence-corrected chi connectivity index (χ1v) is 8.88. The predicted octanol–water partition coefficient (Wildman–Crippen LogP) is 2.26. The van der Waals surface area contributed by atoms with Gasteiger partial charge in [-0.3, -0.25) is 9.48 Å². The van der Waals surface area contributed by atoms with Crippen molar-refractivity contribution in [3.63, 3.8) is 0 Å². The van der Waals surface area contributed by atoms with Gasteiger partial charge in [0.15, 0.2) is 5.82 Å². The topological polar surface area (TPSA) is 77.0 Å². The molecule has 4 rings (SSSR count). The van der Waals surface area contributed by atoms with E-state index in [4.69, 9.17) is 4.52 Å². The number of carbonyl (C=O) groups excluding carboxylic acids is 1. The molecule has 7 heteroatoms. The number of aromatic nitrogens is 4. The molecule has 1 aliphatic carbocycles. The number of amides is 1. The van der Waals surface area contributed by atoms with Gasteiger partial charge in [-0.1, -0.05) is 5.16 Å². The second-order valence-electron chi connectivity index (χ2n) is 6.80. The van der Waals surface area contributed by atoms with Gasteiger partial charge in [-0.25, -0.2) is 0 Å². The van der Waals surface area contributed by atoms with Crippen LogP contribution in [0, 0.1) is 5.92 Å². The van der Waals surface area contributed by atoms with Crippen molar-refractivity contribution in [2.75, 3.05) is 13.1 Å². The Balaban J connectivity index is 1.30. The number of aryl methyl sites for hydroxylation is 2. The van der Waals surface area contributed by atoms with Crippen molar-refractivity contribution in [1.29, 1.82) is 0 Å². The maximum Gasteiger partial charge on any atom is 0.272 e. The Bertz CT molecular complexity index is 718. The molecule has 0 N–H and O–H groups in total. The first-order valence-electron chi connectivity index (χ1n) is 8.88. The molecule has 2 fully saturated rings. The van der Waals surface area contributed by atoms with Crippen molar-refractivity contribution >= 4 is 5.91 Å². The maximum atomic E-state index is 12.6. The fraction of sp³-hybridized carbons (Fsp3) is 0.647. The number of rotatable bonds is 6. The summed E-state index contributed by atoms with van der Waals surface area (Å²) in [5, 5.41) is 8.26. The molecule has 1 amide bonds. The van der Waals surface area contributed by atoms with Gasteiger partial charge in [0.2, 0.25) is 5.89 Å². The largest absolute Gasteiger partial charge is 0.339 e. The van der Waals surface area contributed by atoms with E-state index in [1.807, 2.05) is 11.8 Å². The summed E-state index contributed by atoms with van der Waals surface area (Å²) >= 11 is 0. The Morgan fingerprint density at radius 2 is 2.25 bits per heavy atom. The SMILES string of the molecule is CCn1nccc1C(=O)N1CCC(CCc2noc(C3CC3)n2)C1. The zero-order valence-electron chi connectivity index (χ0n) is 14.0. The van der Waals surface area contributed by atoms with Gasteiger partial charge >= 0.3 is 0 Å². The molecule has 2 aliphatic rings. The number of carbonyl (C=O) groups is 1. The molecule has 0 bridgehead atoms. The summed E-state index contributed by atoms with van der Waals surface area (Å²) in [5.74, 6) is 2.73. The number of hydrogen-bond donors (Lipinski definition) is 0. The molecule has 2 aromatic rings. The average Bonchev–Trinajstić information content (AvgIpc) is 3.05. The third-order valence-electron chi connectivity index (χ3n) is 4.99. The molecule has 0 aromatic carbocycles. The van der Waals surface area contributed by atoms with E-state index < -0.39 is 0 Å². The highest BCUT2D eigenvalue weighted by molar-refractivity contribution is 5.92. The van der Waals surface area contributed by atoms with Gasteiger partial charge in [-0.2, -0.15) is 10.1 Å². The summed E-state index contributed by atoms with van der Waals surface area (Å²) in [6, 6.07) is 1.80. The zero-order chi connectivity index (χ0) is 16.5. The zero-order valence-corrected chi connectivity index (χ0v) is 14.0. The predicted molar refractivity (Wildman–Crippen MR) is 86.5 cm³/mol. The second-order valence-corrected chi connectivity index (χ2v) is 6.80. The van der Waals surface area contributed by atoms with Gasteiger partial charge in [-0.05, 0) is 44.6 Å². The third kappa shape index (κ3) is 3.07. The Labute approximate surface area is 141 Å². The van der Waals surface area contributed by atoms with Gasteiger partial charge in [0.1, 0.15) is 5.69 Å². The quantitative estimate of drug-likeness (QED) is 0.812. The van der Waals surface area contributed by atoms with Gasteiger partial charge in [0.25, 0.3) is 5.91 Å². The molecule has 3 heterocycles. The molecule has 128 valence electrons. The lowest BCUT2D eigenvalue weighted by Gasteiger charge is -2.16. The van der Waals surface area contributed by atoms with E-state index in [9.17, 15) is 4.79 Å². The van der Waals surface area contributed by atoms with Gasteiger partial charge in [0, 0.05) is 38.2 Å². The van der Waals surface area contributed by atoms with Crippen LogP contribution in [0.3, 0.4) is 0 Å². The van der Waals surface area contributed by atoms with Gasteiger partial charge < -0.3 is 9.42 Å². The highest BCUT2D eigenvalue weighted by Gasteiger charge is 2.31. The Kier molecular flexibility index (Phi) is 4.08. The van der Waals surface area contributed by atoms with Crippen molar-refractivity contribution in [1.82, 2.24) is 24.8 Å². The Hall–Kier alpha value is -2.18. The molecule has 0 spiro atoms. The summed E-state index contributed by atoms with van der Waals surface area (Å²) in [6.45, 7) is 4.34. The monoisotopic (exact) mass is 329 g/mol. The number of likely N-dealkylation sites (tertiary alicyclic amines) is 1. The highest BCUT2D eigenvalue weighted by atomic mass is 16.5. The summed E-state index contributed by atoms with van der Waals surface area (Å²) in [6.07, 6.45) is 6.92. The second kappa shape index (κ2) is 6.37. The van der Waals surface area contributed by atoms with E-state index in [1.54, 1.807) is 16.9 Å². The average molecular weight is 329 g/mol. The minimum Gasteiger partial charge on any atom is -0.339 e. The molecule has 1 unspecified atom stereocenters. The lowest BCUT2D eigenvalue weighted by Crippen LogP contribution is -2.30. The first-order chi connectivity index (χ1) is 11.7. The summed E-state index contributed by atoms with van der Waals surface area (Å²) in [7, 11) is 0. The van der Waals surface area contributed by atoms with Gasteiger partial charge in [0.05, 0.1) is 0 Å². The van der Waals surface area contributed by atoms with Crippen molar-refractivity contribution in [2.24, 2.45) is 5.92 Å². The molecule has 0 radical (unpaired) electrons. The Morgan fingerprint density at radius 1 is 1.38 bits per heavy atom. The third-order valence-corrected chi connectivity index (χ3v) is 4.99. The number of nitrogens with zero attached hydrogens (tertiary/aromatic N) is 5. The molecule has 1 aliphatic heterocycles. The summed E-state index contributed by atoms with van der Waals surface area (Å²) in [5.41, 5.74) is 0.686. The molecule has 1 atom stereocenters. The smallest absolute Gasteiger partial charge is 0.272 e. The van der Waals surface area contributed by atoms with Crippen LogP contribution in [0.5, 0.6) is 0 Å². The van der Waals surface area contributed by atoms with E-state index in [-0.39, 0.29) is 5.91 Å². The van der Waals surface area contributed by atoms with Crippen LogP contribution in [0.2, 0.25) is 0 Å². The van der Waals surface area contributed by atoms with E-state index >= 15 is 0 Å². The normalized spacial score (nSPS) is 20.7. The lowest BCUT2D eigenvalue weighted by molar-refractivity contribution is 0.0774. The minimum absolute atomic E-state index is 0.0902. The van der Waals surface area contributed by atoms with Crippen LogP contribution in [-0.4, -0.2) is 43.8 Å². The molecule has 2 aromatic heterocycles. The highest BCUT2D eigenvalue weighted by Crippen LogP contribution is 2.38. The van der Waals surface area contributed by atoms with Gasteiger partial charge in [-0.15, -0.1) is 0 Å². The van der Waals surface area contributed by atoms with Crippen molar-refractivity contribution in [3.8, 4) is 0 Å². The minimum atomic E-state index is 0.0902. The maximum absolute atomic E-state index is 12.6. The standard InChI is InChI=1S/C17H23N5O2/c1-2-22-14(7-9-18-22)17(23)21-10-8-12(11-21)3-6-15-19-16(24-20-15)13-4-5-13/h7,9,12-13H,2-6,8,10-11H2,1H3. The van der Waals surface area contributed by atoms with Crippen LogP contribution >= 0.6 is 0 Å². The molecular formula is C17H23N5O2. The summed E-state index contributed by atoms with van der Waals surface area (Å²) in [4.78, 5) is 19.0. The molecule has 1 saturated carbocycles. The lowest BCUT2D eigenvalue weighted by atomic mass is 10.0. The van der Waals surface area contributed by atoms with E-state index in [1.165, 1.54) is 12.8 Å². The van der Waals surface area contributed by atoms with Crippen LogP contribution in [0.4, 0.5) is 0 Å². The Morgan fingerprint density at radius 3 is 3.04 bits per heavy atom. The molecule has 1 saturated heterocycles. The fourth-order valence-corrected chi connectivity index (χ4v) is 3.38. The first kappa shape index (κ1) is 15.4. The van der Waals surface area contributed by atoms with Crippen LogP contribution < -0.4 is 0 Å². The van der Waals surface area contributed by atoms with Crippen LogP contribution in [-0.2, 0) is 13.0 Å². The molecule has 24 heavy (non-hydrogen) atoms. The number of hydrogen-bond acceptors (Lipinski definition) is 5. The van der Waals surface area contributed by atoms with Crippen molar-refractivity contribution in [2.45, 2.75) is 51.5 Å². The van der Waals surface area contributed by atoms with Crippen molar-refractivity contribution < 1.29 is 9.32 Å².